The molecular weight excluding hydrogens is 505 g/mol. The van der Waals surface area contributed by atoms with Crippen LogP contribution in [0.25, 0.3) is 44.8 Å². The van der Waals surface area contributed by atoms with Crippen molar-refractivity contribution < 1.29 is 4.39 Å². The van der Waals surface area contributed by atoms with Crippen LogP contribution in [-0.2, 0) is 13.1 Å². The highest BCUT2D eigenvalue weighted by Gasteiger charge is 2.22. The summed E-state index contributed by atoms with van der Waals surface area (Å²) in [6, 6.07) is 14.1. The van der Waals surface area contributed by atoms with E-state index in [1.54, 1.807) is 24.8 Å². The summed E-state index contributed by atoms with van der Waals surface area (Å²) < 4.78 is 16.1. The molecule has 6 heterocycles. The number of halogens is 1. The Hall–Kier alpha value is -4.70. The standard InChI is InChI=1S/C30H28FN9/c31-25-24-22(18-35-26(25)21-13-20(16-33-17-21)15-32-14-19-7-3-1-4-8-19)38-39-28(24)30-36-27-23(9-10-34-29(27)37-30)40-11-5-2-6-12-40/h1,3-4,7-10,13,16-18,32H,2,5-6,11-12,14-15H2,(H,38,39)(H,34,36,37). The fourth-order valence-corrected chi connectivity index (χ4v) is 5.41. The first kappa shape index (κ1) is 24.3. The molecule has 3 N–H and O–H groups in total. The summed E-state index contributed by atoms with van der Waals surface area (Å²) in [5.41, 5.74) is 6.31. The molecule has 0 amide bonds. The molecule has 0 saturated carbocycles. The van der Waals surface area contributed by atoms with Gasteiger partial charge in [0, 0.05) is 50.3 Å². The number of anilines is 1. The maximum absolute atomic E-state index is 16.1. The lowest BCUT2D eigenvalue weighted by molar-refractivity contribution is 0.578. The second kappa shape index (κ2) is 10.5. The van der Waals surface area contributed by atoms with Crippen LogP contribution in [0.4, 0.5) is 10.1 Å². The Kier molecular flexibility index (Phi) is 6.37. The molecule has 0 spiro atoms. The third-order valence-corrected chi connectivity index (χ3v) is 7.40. The van der Waals surface area contributed by atoms with Gasteiger partial charge in [-0.3, -0.25) is 15.1 Å². The molecule has 40 heavy (non-hydrogen) atoms. The van der Waals surface area contributed by atoms with Gasteiger partial charge in [-0.15, -0.1) is 0 Å². The lowest BCUT2D eigenvalue weighted by Gasteiger charge is -2.28. The minimum atomic E-state index is -0.470. The van der Waals surface area contributed by atoms with Crippen LogP contribution in [0.2, 0.25) is 0 Å². The summed E-state index contributed by atoms with van der Waals surface area (Å²) >= 11 is 0. The summed E-state index contributed by atoms with van der Waals surface area (Å²) in [5.74, 6) is -0.00615. The Morgan fingerprint density at radius 2 is 1.75 bits per heavy atom. The van der Waals surface area contributed by atoms with Crippen molar-refractivity contribution in [1.29, 1.82) is 0 Å². The van der Waals surface area contributed by atoms with Crippen LogP contribution in [0.15, 0.2) is 67.3 Å². The average Bonchev–Trinajstić information content (AvgIpc) is 3.63. The zero-order valence-electron chi connectivity index (χ0n) is 21.9. The molecule has 1 aromatic carbocycles. The van der Waals surface area contributed by atoms with Crippen molar-refractivity contribution in [3.8, 4) is 22.8 Å². The number of benzene rings is 1. The molecule has 0 aliphatic carbocycles. The number of aromatic amines is 2. The normalized spacial score (nSPS) is 13.9. The molecular formula is C30H28FN9. The highest BCUT2D eigenvalue weighted by atomic mass is 19.1. The van der Waals surface area contributed by atoms with Gasteiger partial charge in [-0.1, -0.05) is 30.3 Å². The highest BCUT2D eigenvalue weighted by Crippen LogP contribution is 2.34. The third kappa shape index (κ3) is 4.56. The third-order valence-electron chi connectivity index (χ3n) is 7.40. The van der Waals surface area contributed by atoms with E-state index in [1.807, 2.05) is 30.3 Å². The minimum Gasteiger partial charge on any atom is -0.370 e. The van der Waals surface area contributed by atoms with E-state index in [2.05, 4.69) is 52.5 Å². The first-order valence-electron chi connectivity index (χ1n) is 13.6. The second-order valence-corrected chi connectivity index (χ2v) is 10.1. The van der Waals surface area contributed by atoms with Crippen LogP contribution in [0.1, 0.15) is 30.4 Å². The summed E-state index contributed by atoms with van der Waals surface area (Å²) in [6.07, 6.45) is 10.4. The number of H-pyrrole nitrogens is 2. The van der Waals surface area contributed by atoms with E-state index in [0.29, 0.717) is 40.2 Å². The molecule has 1 aliphatic rings. The molecule has 1 fully saturated rings. The van der Waals surface area contributed by atoms with Gasteiger partial charge in [0.2, 0.25) is 0 Å². The van der Waals surface area contributed by atoms with Crippen molar-refractivity contribution in [2.45, 2.75) is 32.4 Å². The van der Waals surface area contributed by atoms with Gasteiger partial charge in [0.15, 0.2) is 17.3 Å². The number of aromatic nitrogens is 7. The number of imidazole rings is 1. The largest absolute Gasteiger partial charge is 0.370 e. The van der Waals surface area contributed by atoms with Crippen LogP contribution in [0.3, 0.4) is 0 Å². The first-order valence-corrected chi connectivity index (χ1v) is 13.6. The van der Waals surface area contributed by atoms with Crippen LogP contribution in [-0.4, -0.2) is 48.2 Å². The highest BCUT2D eigenvalue weighted by molar-refractivity contribution is 5.96. The molecule has 5 aromatic heterocycles. The number of nitrogens with zero attached hydrogens (tertiary/aromatic N) is 6. The molecule has 6 aromatic rings. The van der Waals surface area contributed by atoms with Crippen LogP contribution < -0.4 is 10.2 Å². The Bertz CT molecular complexity index is 1790. The van der Waals surface area contributed by atoms with Crippen molar-refractivity contribution >= 4 is 27.8 Å². The first-order chi connectivity index (χ1) is 19.7. The van der Waals surface area contributed by atoms with E-state index < -0.39 is 5.82 Å². The Morgan fingerprint density at radius 3 is 2.62 bits per heavy atom. The van der Waals surface area contributed by atoms with Crippen molar-refractivity contribution in [2.24, 2.45) is 0 Å². The predicted octanol–water partition coefficient (Wildman–Crippen LogP) is 5.38. The maximum Gasteiger partial charge on any atom is 0.161 e. The van der Waals surface area contributed by atoms with Gasteiger partial charge in [0.25, 0.3) is 0 Å². The number of rotatable bonds is 7. The van der Waals surface area contributed by atoms with Gasteiger partial charge in [-0.2, -0.15) is 5.10 Å². The predicted molar refractivity (Wildman–Crippen MR) is 153 cm³/mol. The molecule has 200 valence electrons. The van der Waals surface area contributed by atoms with E-state index in [4.69, 9.17) is 4.98 Å². The van der Waals surface area contributed by atoms with Crippen molar-refractivity contribution in [2.75, 3.05) is 18.0 Å². The summed E-state index contributed by atoms with van der Waals surface area (Å²) in [7, 11) is 0. The monoisotopic (exact) mass is 533 g/mol. The zero-order chi connectivity index (χ0) is 26.9. The number of piperidine rings is 1. The number of hydrogen-bond acceptors (Lipinski definition) is 7. The van der Waals surface area contributed by atoms with E-state index in [9.17, 15) is 0 Å². The fourth-order valence-electron chi connectivity index (χ4n) is 5.41. The summed E-state index contributed by atoms with van der Waals surface area (Å²) in [6.45, 7) is 3.31. The van der Waals surface area contributed by atoms with E-state index >= 15 is 4.39 Å². The lowest BCUT2D eigenvalue weighted by Crippen LogP contribution is -2.29. The van der Waals surface area contributed by atoms with Crippen LogP contribution in [0, 0.1) is 5.82 Å². The van der Waals surface area contributed by atoms with Crippen molar-refractivity contribution in [3.63, 3.8) is 0 Å². The smallest absolute Gasteiger partial charge is 0.161 e. The topological polar surface area (TPSA) is 111 Å². The van der Waals surface area contributed by atoms with Gasteiger partial charge in [0.05, 0.1) is 22.8 Å². The second-order valence-electron chi connectivity index (χ2n) is 10.1. The van der Waals surface area contributed by atoms with Crippen molar-refractivity contribution in [1.82, 2.24) is 40.4 Å². The van der Waals surface area contributed by atoms with Crippen molar-refractivity contribution in [3.05, 3.63) is 84.2 Å². The molecule has 0 bridgehead atoms. The Balaban J connectivity index is 1.21. The Labute approximate surface area is 229 Å². The zero-order valence-corrected chi connectivity index (χ0v) is 21.9. The van der Waals surface area contributed by atoms with E-state index in [-0.39, 0.29) is 5.69 Å². The van der Waals surface area contributed by atoms with E-state index in [0.717, 1.165) is 49.2 Å². The maximum atomic E-state index is 16.1. The molecule has 1 aliphatic heterocycles. The molecule has 9 nitrogen and oxygen atoms in total. The Morgan fingerprint density at radius 1 is 0.900 bits per heavy atom. The summed E-state index contributed by atoms with van der Waals surface area (Å²) in [5, 5.41) is 11.1. The van der Waals surface area contributed by atoms with Gasteiger partial charge in [0.1, 0.15) is 16.9 Å². The number of nitrogens with one attached hydrogen (secondary N) is 3. The SMILES string of the molecule is Fc1c(-c2cncc(CNCc3ccccc3)c2)ncc2[nH]nc(-c3nc4c(N5CCCCC5)ccnc4[nH]3)c12. The quantitative estimate of drug-likeness (QED) is 0.253. The fraction of sp³-hybridized carbons (Fsp3) is 0.233. The van der Waals surface area contributed by atoms with Gasteiger partial charge < -0.3 is 15.2 Å². The summed E-state index contributed by atoms with van der Waals surface area (Å²) in [4.78, 5) is 23.7. The number of fused-ring (bicyclic) bond motifs is 2. The molecule has 1 saturated heterocycles. The van der Waals surface area contributed by atoms with Crippen LogP contribution >= 0.6 is 0 Å². The molecule has 7 rings (SSSR count). The van der Waals surface area contributed by atoms with E-state index in [1.165, 1.54) is 12.0 Å². The van der Waals surface area contributed by atoms with Gasteiger partial charge >= 0.3 is 0 Å². The number of pyridine rings is 3. The molecule has 0 radical (unpaired) electrons. The van der Waals surface area contributed by atoms with Gasteiger partial charge in [-0.25, -0.2) is 14.4 Å². The van der Waals surface area contributed by atoms with Gasteiger partial charge in [-0.05, 0) is 42.5 Å². The lowest BCUT2D eigenvalue weighted by atomic mass is 10.1. The molecule has 10 heteroatoms. The average molecular weight is 534 g/mol. The number of hydrogen-bond donors (Lipinski definition) is 3. The molecule has 0 atom stereocenters. The molecule has 0 unspecified atom stereocenters. The van der Waals surface area contributed by atoms with Crippen LogP contribution in [0.5, 0.6) is 0 Å². The minimum absolute atomic E-state index is 0.218.